The molecule has 1 aliphatic heterocycles. The van der Waals surface area contributed by atoms with E-state index in [0.717, 1.165) is 5.56 Å². The van der Waals surface area contributed by atoms with Gasteiger partial charge in [-0.25, -0.2) is 12.8 Å². The van der Waals surface area contributed by atoms with E-state index in [2.05, 4.69) is 5.32 Å². The van der Waals surface area contributed by atoms with Crippen molar-refractivity contribution in [3.05, 3.63) is 29.6 Å². The van der Waals surface area contributed by atoms with Crippen molar-refractivity contribution in [2.75, 3.05) is 13.1 Å². The first-order valence-electron chi connectivity index (χ1n) is 6.33. The van der Waals surface area contributed by atoms with Crippen molar-refractivity contribution < 1.29 is 12.8 Å². The van der Waals surface area contributed by atoms with Crippen molar-refractivity contribution in [1.82, 2.24) is 9.62 Å². The Labute approximate surface area is 125 Å². The van der Waals surface area contributed by atoms with Gasteiger partial charge in [-0.15, -0.1) is 12.4 Å². The lowest BCUT2D eigenvalue weighted by Gasteiger charge is -2.35. The minimum atomic E-state index is -3.76. The van der Waals surface area contributed by atoms with Gasteiger partial charge in [-0.2, -0.15) is 4.31 Å². The summed E-state index contributed by atoms with van der Waals surface area (Å²) in [4.78, 5) is -0.228. The number of piperazine rings is 1. The molecule has 114 valence electrons. The van der Waals surface area contributed by atoms with Crippen LogP contribution in [0, 0.1) is 12.7 Å². The van der Waals surface area contributed by atoms with Crippen molar-refractivity contribution in [2.45, 2.75) is 37.8 Å². The van der Waals surface area contributed by atoms with Gasteiger partial charge in [0.2, 0.25) is 10.0 Å². The maximum Gasteiger partial charge on any atom is 0.246 e. The molecule has 1 aromatic carbocycles. The second kappa shape index (κ2) is 6.39. The van der Waals surface area contributed by atoms with E-state index in [9.17, 15) is 12.8 Å². The SMILES string of the molecule is Cc1ccc(F)c(S(=O)(=O)N2CC(C)NC(C)C2)c1.Cl. The topological polar surface area (TPSA) is 49.4 Å². The third-order valence-electron chi connectivity index (χ3n) is 3.23. The van der Waals surface area contributed by atoms with Gasteiger partial charge >= 0.3 is 0 Å². The Balaban J connectivity index is 0.00000200. The largest absolute Gasteiger partial charge is 0.309 e. The van der Waals surface area contributed by atoms with Crippen LogP contribution in [0.25, 0.3) is 0 Å². The standard InChI is InChI=1S/C13H19FN2O2S.ClH/c1-9-4-5-12(14)13(6-9)19(17,18)16-7-10(2)15-11(3)8-16;/h4-6,10-11,15H,7-8H2,1-3H3;1H. The van der Waals surface area contributed by atoms with Crippen molar-refractivity contribution in [1.29, 1.82) is 0 Å². The summed E-state index contributed by atoms with van der Waals surface area (Å²) in [7, 11) is -3.76. The minimum absolute atomic E-state index is 0. The van der Waals surface area contributed by atoms with Crippen LogP contribution in [-0.4, -0.2) is 37.9 Å². The molecule has 1 fully saturated rings. The maximum atomic E-state index is 13.8. The van der Waals surface area contributed by atoms with Crippen LogP contribution < -0.4 is 5.32 Å². The Bertz CT molecular complexity index is 570. The second-order valence-corrected chi connectivity index (χ2v) is 7.13. The molecule has 2 atom stereocenters. The zero-order valence-corrected chi connectivity index (χ0v) is 13.4. The number of aryl methyl sites for hydroxylation is 1. The van der Waals surface area contributed by atoms with Gasteiger partial charge in [-0.05, 0) is 38.5 Å². The molecule has 0 aromatic heterocycles. The predicted octanol–water partition coefficient (Wildman–Crippen LogP) is 1.93. The molecule has 0 saturated carbocycles. The van der Waals surface area contributed by atoms with Crippen molar-refractivity contribution in [3.63, 3.8) is 0 Å². The van der Waals surface area contributed by atoms with Gasteiger partial charge in [0, 0.05) is 25.2 Å². The number of benzene rings is 1. The molecule has 0 spiro atoms. The van der Waals surface area contributed by atoms with Crippen molar-refractivity contribution >= 4 is 22.4 Å². The van der Waals surface area contributed by atoms with E-state index in [0.29, 0.717) is 13.1 Å². The number of hydrogen-bond donors (Lipinski definition) is 1. The normalized spacial score (nSPS) is 24.2. The van der Waals surface area contributed by atoms with E-state index in [-0.39, 0.29) is 29.4 Å². The summed E-state index contributed by atoms with van der Waals surface area (Å²) in [6.07, 6.45) is 0. The molecule has 4 nitrogen and oxygen atoms in total. The fraction of sp³-hybridized carbons (Fsp3) is 0.538. The molecular weight excluding hydrogens is 303 g/mol. The number of nitrogens with zero attached hydrogens (tertiary/aromatic N) is 1. The molecule has 1 aromatic rings. The molecule has 0 radical (unpaired) electrons. The van der Waals surface area contributed by atoms with Gasteiger partial charge < -0.3 is 5.32 Å². The van der Waals surface area contributed by atoms with Gasteiger partial charge in [0.25, 0.3) is 0 Å². The molecule has 1 heterocycles. The highest BCUT2D eigenvalue weighted by molar-refractivity contribution is 7.89. The highest BCUT2D eigenvalue weighted by Gasteiger charge is 2.32. The van der Waals surface area contributed by atoms with Crippen LogP contribution in [0.3, 0.4) is 0 Å². The Kier molecular flexibility index (Phi) is 5.54. The lowest BCUT2D eigenvalue weighted by Crippen LogP contribution is -2.55. The minimum Gasteiger partial charge on any atom is -0.309 e. The highest BCUT2D eigenvalue weighted by atomic mass is 35.5. The van der Waals surface area contributed by atoms with Gasteiger partial charge in [0.15, 0.2) is 0 Å². The van der Waals surface area contributed by atoms with Crippen LogP contribution in [0.1, 0.15) is 19.4 Å². The van der Waals surface area contributed by atoms with Gasteiger partial charge in [-0.1, -0.05) is 6.07 Å². The molecular formula is C13H20ClFN2O2S. The molecule has 0 bridgehead atoms. The van der Waals surface area contributed by atoms with Crippen LogP contribution >= 0.6 is 12.4 Å². The fourth-order valence-electron chi connectivity index (χ4n) is 2.42. The van der Waals surface area contributed by atoms with E-state index in [1.807, 2.05) is 13.8 Å². The third kappa shape index (κ3) is 3.49. The van der Waals surface area contributed by atoms with Crippen LogP contribution in [-0.2, 0) is 10.0 Å². The molecule has 0 amide bonds. The number of hydrogen-bond acceptors (Lipinski definition) is 3. The molecule has 0 aliphatic carbocycles. The van der Waals surface area contributed by atoms with Crippen LogP contribution in [0.2, 0.25) is 0 Å². The smallest absolute Gasteiger partial charge is 0.246 e. The molecule has 1 N–H and O–H groups in total. The average Bonchev–Trinajstić information content (AvgIpc) is 2.31. The predicted molar refractivity (Wildman–Crippen MR) is 79.2 cm³/mol. The highest BCUT2D eigenvalue weighted by Crippen LogP contribution is 2.22. The Morgan fingerprint density at radius 2 is 1.80 bits per heavy atom. The van der Waals surface area contributed by atoms with E-state index in [1.165, 1.54) is 16.4 Å². The number of sulfonamides is 1. The van der Waals surface area contributed by atoms with Crippen LogP contribution in [0.4, 0.5) is 4.39 Å². The number of nitrogens with one attached hydrogen (secondary N) is 1. The summed E-state index contributed by atoms with van der Waals surface area (Å²) in [6.45, 7) is 6.32. The van der Waals surface area contributed by atoms with Crippen molar-refractivity contribution in [3.8, 4) is 0 Å². The number of halogens is 2. The summed E-state index contributed by atoms with van der Waals surface area (Å²) in [5.41, 5.74) is 0.733. The average molecular weight is 323 g/mol. The van der Waals surface area contributed by atoms with Crippen LogP contribution in [0.15, 0.2) is 23.1 Å². The van der Waals surface area contributed by atoms with Crippen molar-refractivity contribution in [2.24, 2.45) is 0 Å². The van der Waals surface area contributed by atoms with E-state index in [4.69, 9.17) is 0 Å². The fourth-order valence-corrected chi connectivity index (χ4v) is 4.19. The first-order chi connectivity index (χ1) is 8.80. The molecule has 2 rings (SSSR count). The molecule has 1 aliphatic rings. The molecule has 7 heteroatoms. The Morgan fingerprint density at radius 1 is 1.25 bits per heavy atom. The zero-order valence-electron chi connectivity index (χ0n) is 11.8. The monoisotopic (exact) mass is 322 g/mol. The first kappa shape index (κ1) is 17.4. The third-order valence-corrected chi connectivity index (χ3v) is 5.08. The summed E-state index contributed by atoms with van der Waals surface area (Å²) < 4.78 is 40.2. The lowest BCUT2D eigenvalue weighted by molar-refractivity contribution is 0.262. The summed E-state index contributed by atoms with van der Waals surface area (Å²) in [5, 5.41) is 3.26. The summed E-state index contributed by atoms with van der Waals surface area (Å²) >= 11 is 0. The van der Waals surface area contributed by atoms with Crippen LogP contribution in [0.5, 0.6) is 0 Å². The zero-order chi connectivity index (χ0) is 14.2. The van der Waals surface area contributed by atoms with Gasteiger partial charge in [0.05, 0.1) is 0 Å². The van der Waals surface area contributed by atoms with E-state index >= 15 is 0 Å². The first-order valence-corrected chi connectivity index (χ1v) is 7.77. The Morgan fingerprint density at radius 3 is 2.35 bits per heavy atom. The Hall–Kier alpha value is -0.690. The second-order valence-electron chi connectivity index (χ2n) is 5.22. The quantitative estimate of drug-likeness (QED) is 0.905. The maximum absolute atomic E-state index is 13.8. The molecule has 1 saturated heterocycles. The molecule has 2 unspecified atom stereocenters. The van der Waals surface area contributed by atoms with Gasteiger partial charge in [-0.3, -0.25) is 0 Å². The summed E-state index contributed by atoms with van der Waals surface area (Å²) in [5.74, 6) is -0.690. The van der Waals surface area contributed by atoms with E-state index < -0.39 is 15.8 Å². The van der Waals surface area contributed by atoms with Gasteiger partial charge in [0.1, 0.15) is 10.7 Å². The van der Waals surface area contributed by atoms with E-state index in [1.54, 1.807) is 13.0 Å². The summed E-state index contributed by atoms with van der Waals surface area (Å²) in [6, 6.07) is 4.29. The number of rotatable bonds is 2. The lowest BCUT2D eigenvalue weighted by atomic mass is 10.2. The molecule has 20 heavy (non-hydrogen) atoms.